The first-order chi connectivity index (χ1) is 13.0. The zero-order chi connectivity index (χ0) is 18.9. The van der Waals surface area contributed by atoms with Crippen LogP contribution in [0.1, 0.15) is 31.2 Å². The summed E-state index contributed by atoms with van der Waals surface area (Å²) in [4.78, 5) is 12.6. The Kier molecular flexibility index (Phi) is 5.12. The second-order valence-corrected chi connectivity index (χ2v) is 7.64. The number of aromatic amines is 1. The molecule has 1 amide bonds. The van der Waals surface area contributed by atoms with Crippen LogP contribution in [0.25, 0.3) is 11.4 Å². The highest BCUT2D eigenvalue weighted by Crippen LogP contribution is 2.35. The average Bonchev–Trinajstić information content (AvgIpc) is 3.26. The number of nitrogens with zero attached hydrogens (tertiary/aromatic N) is 2. The van der Waals surface area contributed by atoms with E-state index in [4.69, 9.17) is 21.7 Å². The first kappa shape index (κ1) is 18.3. The number of ether oxygens (including phenoxy) is 2. The van der Waals surface area contributed by atoms with Gasteiger partial charge >= 0.3 is 0 Å². The topological polar surface area (TPSA) is 81.2 Å². The summed E-state index contributed by atoms with van der Waals surface area (Å²) in [5.74, 6) is 0.202. The van der Waals surface area contributed by atoms with E-state index < -0.39 is 5.79 Å². The van der Waals surface area contributed by atoms with E-state index in [1.165, 1.54) is 5.56 Å². The van der Waals surface area contributed by atoms with E-state index in [1.807, 2.05) is 31.2 Å². The van der Waals surface area contributed by atoms with Crippen molar-refractivity contribution in [2.24, 2.45) is 0 Å². The molecule has 2 fully saturated rings. The molecule has 2 aromatic rings. The van der Waals surface area contributed by atoms with Gasteiger partial charge in [-0.1, -0.05) is 29.8 Å². The second-order valence-electron chi connectivity index (χ2n) is 7.25. The van der Waals surface area contributed by atoms with Crippen molar-refractivity contribution in [2.75, 3.05) is 13.2 Å². The van der Waals surface area contributed by atoms with Crippen molar-refractivity contribution in [1.29, 1.82) is 0 Å². The lowest BCUT2D eigenvalue weighted by Gasteiger charge is -2.35. The molecule has 1 spiro atoms. The minimum atomic E-state index is -0.410. The van der Waals surface area contributed by atoms with E-state index in [0.29, 0.717) is 23.8 Å². The smallest absolute Gasteiger partial charge is 0.240 e. The SMILES string of the molecule is Cc1ccc(-c2n[nH]c(=S)n2CC(=O)NC2CCC3(CC2)OCCO3)cc1. The van der Waals surface area contributed by atoms with Crippen LogP contribution in [0.15, 0.2) is 24.3 Å². The number of hydrogen-bond acceptors (Lipinski definition) is 5. The van der Waals surface area contributed by atoms with Crippen molar-refractivity contribution in [1.82, 2.24) is 20.1 Å². The first-order valence-corrected chi connectivity index (χ1v) is 9.75. The number of H-pyrrole nitrogens is 1. The van der Waals surface area contributed by atoms with Crippen LogP contribution in [0.3, 0.4) is 0 Å². The van der Waals surface area contributed by atoms with Crippen LogP contribution in [0, 0.1) is 11.7 Å². The van der Waals surface area contributed by atoms with Crippen LogP contribution >= 0.6 is 12.2 Å². The predicted molar refractivity (Wildman–Crippen MR) is 103 cm³/mol. The maximum absolute atomic E-state index is 12.6. The third kappa shape index (κ3) is 3.97. The van der Waals surface area contributed by atoms with Gasteiger partial charge in [-0.3, -0.25) is 14.5 Å². The van der Waals surface area contributed by atoms with Crippen LogP contribution in [0.2, 0.25) is 0 Å². The Morgan fingerprint density at radius 2 is 1.96 bits per heavy atom. The molecule has 1 saturated carbocycles. The number of aromatic nitrogens is 3. The van der Waals surface area contributed by atoms with Gasteiger partial charge in [0.1, 0.15) is 6.54 Å². The number of benzene rings is 1. The van der Waals surface area contributed by atoms with E-state index in [2.05, 4.69) is 15.5 Å². The van der Waals surface area contributed by atoms with Crippen LogP contribution in [-0.2, 0) is 20.8 Å². The van der Waals surface area contributed by atoms with Gasteiger partial charge in [-0.15, -0.1) is 0 Å². The number of rotatable bonds is 4. The number of hydrogen-bond donors (Lipinski definition) is 2. The molecule has 1 aromatic carbocycles. The molecule has 1 aromatic heterocycles. The molecule has 2 N–H and O–H groups in total. The molecule has 2 heterocycles. The Morgan fingerprint density at radius 1 is 1.30 bits per heavy atom. The Labute approximate surface area is 163 Å². The third-order valence-corrected chi connectivity index (χ3v) is 5.61. The summed E-state index contributed by atoms with van der Waals surface area (Å²) >= 11 is 5.32. The molecule has 7 nitrogen and oxygen atoms in total. The molecule has 8 heteroatoms. The highest BCUT2D eigenvalue weighted by molar-refractivity contribution is 7.71. The number of amides is 1. The van der Waals surface area contributed by atoms with Crippen LogP contribution in [-0.4, -0.2) is 45.7 Å². The van der Waals surface area contributed by atoms with E-state index in [-0.39, 0.29) is 18.5 Å². The molecule has 0 bridgehead atoms. The summed E-state index contributed by atoms with van der Waals surface area (Å²) < 4.78 is 13.7. The van der Waals surface area contributed by atoms with Crippen LogP contribution in [0.5, 0.6) is 0 Å². The Balaban J connectivity index is 1.39. The van der Waals surface area contributed by atoms with Gasteiger partial charge in [0.15, 0.2) is 16.4 Å². The summed E-state index contributed by atoms with van der Waals surface area (Å²) in [6.45, 7) is 3.51. The van der Waals surface area contributed by atoms with Crippen molar-refractivity contribution in [2.45, 2.75) is 51.0 Å². The monoisotopic (exact) mass is 388 g/mol. The standard InChI is InChI=1S/C19H24N4O3S/c1-13-2-4-14(5-3-13)17-21-22-18(27)23(17)12-16(24)20-15-6-8-19(9-7-15)25-10-11-26-19/h2-5,15H,6-12H2,1H3,(H,20,24)(H,22,27). The Hall–Kier alpha value is -2.03. The van der Waals surface area contributed by atoms with Crippen molar-refractivity contribution >= 4 is 18.1 Å². The van der Waals surface area contributed by atoms with Gasteiger partial charge in [0, 0.05) is 24.4 Å². The number of nitrogens with one attached hydrogen (secondary N) is 2. The van der Waals surface area contributed by atoms with Gasteiger partial charge in [0.25, 0.3) is 0 Å². The maximum Gasteiger partial charge on any atom is 0.240 e. The third-order valence-electron chi connectivity index (χ3n) is 5.30. The molecule has 27 heavy (non-hydrogen) atoms. The number of carbonyl (C=O) groups excluding carboxylic acids is 1. The summed E-state index contributed by atoms with van der Waals surface area (Å²) in [6, 6.07) is 8.14. The normalized spacial score (nSPS) is 19.4. The minimum Gasteiger partial charge on any atom is -0.352 e. The van der Waals surface area contributed by atoms with Gasteiger partial charge in [-0.05, 0) is 32.0 Å². The van der Waals surface area contributed by atoms with Crippen molar-refractivity contribution in [3.63, 3.8) is 0 Å². The van der Waals surface area contributed by atoms with E-state index in [9.17, 15) is 4.79 Å². The molecule has 2 aliphatic rings. The quantitative estimate of drug-likeness (QED) is 0.787. The summed E-state index contributed by atoms with van der Waals surface area (Å²) in [7, 11) is 0. The number of carbonyl (C=O) groups is 1. The number of aryl methyl sites for hydroxylation is 1. The average molecular weight is 388 g/mol. The van der Waals surface area contributed by atoms with Gasteiger partial charge in [0.2, 0.25) is 5.91 Å². The van der Waals surface area contributed by atoms with Crippen LogP contribution in [0.4, 0.5) is 0 Å². The highest BCUT2D eigenvalue weighted by Gasteiger charge is 2.40. The van der Waals surface area contributed by atoms with E-state index >= 15 is 0 Å². The second kappa shape index (κ2) is 7.53. The fraction of sp³-hybridized carbons (Fsp3) is 0.526. The Bertz CT molecular complexity index is 858. The van der Waals surface area contributed by atoms with E-state index in [1.54, 1.807) is 4.57 Å². The zero-order valence-corrected chi connectivity index (χ0v) is 16.2. The zero-order valence-electron chi connectivity index (χ0n) is 15.4. The highest BCUT2D eigenvalue weighted by atomic mass is 32.1. The molecule has 1 saturated heterocycles. The fourth-order valence-corrected chi connectivity index (χ4v) is 3.99. The molecular formula is C19H24N4O3S. The van der Waals surface area contributed by atoms with Crippen LogP contribution < -0.4 is 5.32 Å². The summed E-state index contributed by atoms with van der Waals surface area (Å²) in [5, 5.41) is 10.2. The molecule has 4 rings (SSSR count). The van der Waals surface area contributed by atoms with Gasteiger partial charge in [-0.2, -0.15) is 5.10 Å². The van der Waals surface area contributed by atoms with Gasteiger partial charge in [0.05, 0.1) is 13.2 Å². The van der Waals surface area contributed by atoms with Gasteiger partial charge in [-0.25, -0.2) is 0 Å². The first-order valence-electron chi connectivity index (χ1n) is 9.34. The summed E-state index contributed by atoms with van der Waals surface area (Å²) in [5.41, 5.74) is 2.10. The molecule has 1 aliphatic carbocycles. The molecular weight excluding hydrogens is 364 g/mol. The van der Waals surface area contributed by atoms with Crippen molar-refractivity contribution in [3.8, 4) is 11.4 Å². The summed E-state index contributed by atoms with van der Waals surface area (Å²) in [6.07, 6.45) is 3.34. The molecule has 144 valence electrons. The lowest BCUT2D eigenvalue weighted by Crippen LogP contribution is -2.44. The molecule has 0 unspecified atom stereocenters. The maximum atomic E-state index is 12.6. The largest absolute Gasteiger partial charge is 0.352 e. The molecule has 1 aliphatic heterocycles. The lowest BCUT2D eigenvalue weighted by atomic mass is 9.90. The van der Waals surface area contributed by atoms with E-state index in [0.717, 1.165) is 31.2 Å². The van der Waals surface area contributed by atoms with Crippen molar-refractivity contribution in [3.05, 3.63) is 34.6 Å². The predicted octanol–water partition coefficient (Wildman–Crippen LogP) is 2.72. The fourth-order valence-electron chi connectivity index (χ4n) is 3.79. The molecule has 0 radical (unpaired) electrons. The Morgan fingerprint density at radius 3 is 2.63 bits per heavy atom. The minimum absolute atomic E-state index is 0.0601. The lowest BCUT2D eigenvalue weighted by molar-refractivity contribution is -0.180. The molecule has 0 atom stereocenters. The van der Waals surface area contributed by atoms with Gasteiger partial charge < -0.3 is 14.8 Å². The van der Waals surface area contributed by atoms with Crippen molar-refractivity contribution < 1.29 is 14.3 Å².